The van der Waals surface area contributed by atoms with Crippen LogP contribution in [0.25, 0.3) is 33.3 Å². The van der Waals surface area contributed by atoms with Crippen molar-refractivity contribution in [3.63, 3.8) is 0 Å². The van der Waals surface area contributed by atoms with Gasteiger partial charge in [-0.25, -0.2) is 5.43 Å². The van der Waals surface area contributed by atoms with Crippen LogP contribution in [0.2, 0.25) is 0 Å². The summed E-state index contributed by atoms with van der Waals surface area (Å²) in [7, 11) is 5.49. The van der Waals surface area contributed by atoms with Gasteiger partial charge in [-0.15, -0.1) is 0 Å². The first kappa shape index (κ1) is 53.1. The summed E-state index contributed by atoms with van der Waals surface area (Å²) in [6.07, 6.45) is 3.31. The lowest BCUT2D eigenvalue weighted by molar-refractivity contribution is -0.171. The van der Waals surface area contributed by atoms with E-state index in [1.807, 2.05) is 63.4 Å². The Balaban J connectivity index is 1.06. The van der Waals surface area contributed by atoms with Gasteiger partial charge in [0.2, 0.25) is 5.91 Å². The predicted octanol–water partition coefficient (Wildman–Crippen LogP) is 7.26. The molecule has 3 aromatic carbocycles. The van der Waals surface area contributed by atoms with E-state index in [4.69, 9.17) is 19.2 Å². The number of methoxy groups -OCH3 is 1. The quantitative estimate of drug-likeness (QED) is 0.113. The maximum Gasteiger partial charge on any atom is 0.325 e. The summed E-state index contributed by atoms with van der Waals surface area (Å²) in [5.74, 6) is -2.20. The molecule has 5 aromatic rings. The van der Waals surface area contributed by atoms with Crippen molar-refractivity contribution in [1.29, 1.82) is 0 Å². The molecule has 0 radical (unpaired) electrons. The van der Waals surface area contributed by atoms with Gasteiger partial charge in [0.05, 0.1) is 36.0 Å². The first-order chi connectivity index (χ1) is 36.4. The van der Waals surface area contributed by atoms with Crippen molar-refractivity contribution in [3.8, 4) is 28.1 Å². The topological polar surface area (TPSA) is 171 Å². The Labute approximate surface area is 447 Å². The number of likely N-dealkylation sites (N-methyl/N-ethyl adjacent to an activating group) is 2. The van der Waals surface area contributed by atoms with Gasteiger partial charge >= 0.3 is 5.97 Å². The Morgan fingerprint density at radius 1 is 0.987 bits per heavy atom. The smallest absolute Gasteiger partial charge is 0.325 e. The Morgan fingerprint density at radius 3 is 2.45 bits per heavy atom. The standard InChI is InChI=1S/C60H76N8O8/c1-10-67-50-17-16-39-30-46(50)48(54(67)47-31-43(33-61-51(47)36(4)74-9)66-21-19-64(7)20-22-66)32-60(5,6)34-76-59(73)52-41-27-42(28-41)68(63-52)57(71)49(26-37-24-40(39)29-44(69)25-37)62-56(70)53(35(2)3)65(8)58(72)55-45(18-23-75-55)38-14-12-11-13-15-38/h11-17,24-25,29-31,33,35-36,41-42,45,49,52-53,55,63,69H,10,18-23,26-28,32,34H2,1-9H3,(H,62,70)/t36-,41?,42?,45+,49?,52-,53-,55+/m0/s1. The van der Waals surface area contributed by atoms with E-state index in [0.29, 0.717) is 44.4 Å². The third-order valence-electron chi connectivity index (χ3n) is 16.9. The van der Waals surface area contributed by atoms with E-state index in [2.05, 4.69) is 77.2 Å². The van der Waals surface area contributed by atoms with Gasteiger partial charge in [-0.2, -0.15) is 0 Å². The summed E-state index contributed by atoms with van der Waals surface area (Å²) in [4.78, 5) is 70.2. The highest BCUT2D eigenvalue weighted by atomic mass is 16.5. The van der Waals surface area contributed by atoms with Crippen LogP contribution in [0.5, 0.6) is 5.75 Å². The number of amides is 3. The van der Waals surface area contributed by atoms with Crippen LogP contribution in [0.3, 0.4) is 0 Å². The molecule has 11 rings (SSSR count). The molecule has 0 spiro atoms. The number of cyclic esters (lactones) is 1. The number of piperazine rings is 1. The second-order valence-electron chi connectivity index (χ2n) is 23.1. The van der Waals surface area contributed by atoms with Crippen molar-refractivity contribution in [2.45, 2.75) is 122 Å². The summed E-state index contributed by atoms with van der Waals surface area (Å²) in [6, 6.07) is 20.7. The molecule has 76 heavy (non-hydrogen) atoms. The van der Waals surface area contributed by atoms with Crippen molar-refractivity contribution in [2.75, 3.05) is 65.5 Å². The highest BCUT2D eigenvalue weighted by Gasteiger charge is 2.52. The molecule has 3 N–H and O–H groups in total. The molecular weight excluding hydrogens is 961 g/mol. The van der Waals surface area contributed by atoms with Crippen LogP contribution in [0.4, 0.5) is 5.69 Å². The molecular formula is C60H76N8O8. The number of hydrazine groups is 1. The molecule has 404 valence electrons. The van der Waals surface area contributed by atoms with Crippen LogP contribution in [0, 0.1) is 17.3 Å². The number of phenolic OH excluding ortho intramolecular Hbond substituents is 1. The number of benzene rings is 3. The van der Waals surface area contributed by atoms with Gasteiger partial charge in [-0.3, -0.25) is 29.2 Å². The number of ether oxygens (including phenoxy) is 3. The number of pyridine rings is 1. The van der Waals surface area contributed by atoms with Gasteiger partial charge in [0.25, 0.3) is 11.8 Å². The molecule has 7 heterocycles. The fraction of sp³-hybridized carbons (Fsp3) is 0.517. The number of aromatic nitrogens is 2. The molecule has 4 saturated heterocycles. The highest BCUT2D eigenvalue weighted by Crippen LogP contribution is 2.44. The summed E-state index contributed by atoms with van der Waals surface area (Å²) in [5, 5.41) is 17.2. The number of esters is 1. The van der Waals surface area contributed by atoms with Crippen LogP contribution < -0.4 is 15.6 Å². The van der Waals surface area contributed by atoms with Crippen LogP contribution in [-0.4, -0.2) is 144 Å². The van der Waals surface area contributed by atoms with Gasteiger partial charge in [-0.05, 0) is 117 Å². The maximum atomic E-state index is 15.2. The van der Waals surface area contributed by atoms with Crippen molar-refractivity contribution in [2.24, 2.45) is 17.3 Å². The lowest BCUT2D eigenvalue weighted by Crippen LogP contribution is -2.72. The third kappa shape index (κ3) is 10.3. The summed E-state index contributed by atoms with van der Waals surface area (Å²) in [6.45, 7) is 17.0. The Hall–Kier alpha value is -6.33. The van der Waals surface area contributed by atoms with Crippen LogP contribution in [0.15, 0.2) is 79.0 Å². The van der Waals surface area contributed by atoms with E-state index in [-0.39, 0.29) is 54.6 Å². The van der Waals surface area contributed by atoms with Crippen LogP contribution in [-0.2, 0) is 52.8 Å². The van der Waals surface area contributed by atoms with Crippen molar-refractivity contribution in [3.05, 3.63) is 101 Å². The number of nitrogens with zero attached hydrogens (tertiary/aromatic N) is 6. The van der Waals surface area contributed by atoms with Crippen molar-refractivity contribution < 1.29 is 38.5 Å². The highest BCUT2D eigenvalue weighted by molar-refractivity contribution is 5.96. The zero-order valence-electron chi connectivity index (χ0n) is 45.7. The molecule has 16 heteroatoms. The summed E-state index contributed by atoms with van der Waals surface area (Å²) < 4.78 is 20.8. The molecule has 1 aliphatic carbocycles. The fourth-order valence-electron chi connectivity index (χ4n) is 12.6. The molecule has 2 aromatic heterocycles. The van der Waals surface area contributed by atoms with Gasteiger partial charge in [0, 0.05) is 93.8 Å². The number of hydrogen-bond acceptors (Lipinski definition) is 12. The molecule has 3 amide bonds. The van der Waals surface area contributed by atoms with Gasteiger partial charge in [-0.1, -0.05) is 70.2 Å². The van der Waals surface area contributed by atoms with E-state index in [1.165, 1.54) is 9.91 Å². The maximum absolute atomic E-state index is 15.2. The van der Waals surface area contributed by atoms with Gasteiger partial charge in [0.1, 0.15) is 30.0 Å². The zero-order chi connectivity index (χ0) is 53.7. The Bertz CT molecular complexity index is 2980. The summed E-state index contributed by atoms with van der Waals surface area (Å²) in [5.41, 5.74) is 11.9. The van der Waals surface area contributed by atoms with E-state index in [0.717, 1.165) is 82.0 Å². The minimum absolute atomic E-state index is 0.00774. The minimum atomic E-state index is -1.15. The van der Waals surface area contributed by atoms with Crippen LogP contribution >= 0.6 is 0 Å². The zero-order valence-corrected chi connectivity index (χ0v) is 45.7. The second-order valence-corrected chi connectivity index (χ2v) is 23.1. The number of aromatic hydroxyl groups is 1. The normalized spacial score (nSPS) is 24.7. The third-order valence-corrected chi connectivity index (χ3v) is 16.9. The molecule has 1 saturated carbocycles. The number of carbonyl (C=O) groups is 4. The number of aryl methyl sites for hydroxylation is 1. The number of nitrogens with one attached hydrogen (secondary N) is 2. The molecule has 8 bridgehead atoms. The number of rotatable bonds is 11. The molecule has 16 nitrogen and oxygen atoms in total. The van der Waals surface area contributed by atoms with E-state index >= 15 is 4.79 Å². The lowest BCUT2D eigenvalue weighted by Gasteiger charge is -2.53. The number of carbonyl (C=O) groups excluding carboxylic acids is 4. The SMILES string of the molecule is CCn1c(-c2cc(N3CCN(C)CC3)cnc2[C@H](C)OC)c2c3cc(ccc31)-c1cc(O)cc(c1)CC(NC(=O)[C@H](C(C)C)N(C)C(=O)[C@@H]1OCC[C@@H]1c1ccccc1)C(=O)N1N[C@H](C(=O)OCC(C)(C)C2)C2CC1C2. The fourth-order valence-corrected chi connectivity index (χ4v) is 12.6. The molecule has 5 aliphatic heterocycles. The molecule has 6 atom stereocenters. The molecule has 6 aliphatic rings. The predicted molar refractivity (Wildman–Crippen MR) is 292 cm³/mol. The van der Waals surface area contributed by atoms with Gasteiger partial charge in [0.15, 0.2) is 0 Å². The average Bonchev–Trinajstić information content (AvgIpc) is 4.08. The first-order valence-corrected chi connectivity index (χ1v) is 27.4. The molecule has 5 fully saturated rings. The Morgan fingerprint density at radius 2 is 1.74 bits per heavy atom. The van der Waals surface area contributed by atoms with Gasteiger partial charge < -0.3 is 43.9 Å². The van der Waals surface area contributed by atoms with Crippen LogP contribution in [0.1, 0.15) is 95.2 Å². The largest absolute Gasteiger partial charge is 0.508 e. The first-order valence-electron chi connectivity index (χ1n) is 27.4. The minimum Gasteiger partial charge on any atom is -0.508 e. The number of anilines is 1. The molecule has 1 unspecified atom stereocenters. The number of fused-ring (bicyclic) bond motifs is 4. The van der Waals surface area contributed by atoms with E-state index in [9.17, 15) is 19.5 Å². The summed E-state index contributed by atoms with van der Waals surface area (Å²) >= 11 is 0. The number of phenols is 1. The van der Waals surface area contributed by atoms with E-state index in [1.54, 1.807) is 26.3 Å². The monoisotopic (exact) mass is 1040 g/mol. The lowest BCUT2D eigenvalue weighted by atomic mass is 9.73. The van der Waals surface area contributed by atoms with E-state index < -0.39 is 47.4 Å². The van der Waals surface area contributed by atoms with Crippen molar-refractivity contribution in [1.82, 2.24) is 35.1 Å². The van der Waals surface area contributed by atoms with Crippen molar-refractivity contribution >= 4 is 40.3 Å². The second kappa shape index (κ2) is 21.6. The number of hydrogen-bond donors (Lipinski definition) is 3. The average molecular weight is 1040 g/mol. The Kier molecular flexibility index (Phi) is 15.1.